The van der Waals surface area contributed by atoms with Crippen molar-refractivity contribution >= 4 is 45.9 Å². The van der Waals surface area contributed by atoms with Crippen molar-refractivity contribution in [1.29, 1.82) is 0 Å². The SMILES string of the molecule is O=C(Cc1csc(-c2ccsc2)n1)Nc1ccccc1Cl. The average molecular weight is 335 g/mol. The second-order valence-corrected chi connectivity index (χ2v) is 6.41. The number of para-hydroxylation sites is 1. The molecule has 0 spiro atoms. The van der Waals surface area contributed by atoms with Gasteiger partial charge in [-0.1, -0.05) is 23.7 Å². The smallest absolute Gasteiger partial charge is 0.230 e. The minimum absolute atomic E-state index is 0.120. The van der Waals surface area contributed by atoms with E-state index in [0.29, 0.717) is 10.7 Å². The predicted molar refractivity (Wildman–Crippen MR) is 89.2 cm³/mol. The van der Waals surface area contributed by atoms with Crippen molar-refractivity contribution in [1.82, 2.24) is 4.98 Å². The van der Waals surface area contributed by atoms with E-state index in [2.05, 4.69) is 10.3 Å². The van der Waals surface area contributed by atoms with Crippen molar-refractivity contribution in [3.63, 3.8) is 0 Å². The summed E-state index contributed by atoms with van der Waals surface area (Å²) in [4.78, 5) is 16.5. The quantitative estimate of drug-likeness (QED) is 0.751. The number of nitrogens with zero attached hydrogens (tertiary/aromatic N) is 1. The van der Waals surface area contributed by atoms with Gasteiger partial charge in [-0.3, -0.25) is 4.79 Å². The van der Waals surface area contributed by atoms with E-state index in [1.54, 1.807) is 34.8 Å². The Hall–Kier alpha value is -1.69. The van der Waals surface area contributed by atoms with Crippen molar-refractivity contribution in [3.8, 4) is 10.6 Å². The molecule has 0 radical (unpaired) electrons. The van der Waals surface area contributed by atoms with Crippen molar-refractivity contribution in [2.24, 2.45) is 0 Å². The van der Waals surface area contributed by atoms with Gasteiger partial charge >= 0.3 is 0 Å². The lowest BCUT2D eigenvalue weighted by Gasteiger charge is -2.05. The Morgan fingerprint density at radius 3 is 2.86 bits per heavy atom. The van der Waals surface area contributed by atoms with Crippen LogP contribution in [-0.2, 0) is 11.2 Å². The fourth-order valence-corrected chi connectivity index (χ4v) is 3.54. The number of benzene rings is 1. The zero-order chi connectivity index (χ0) is 14.7. The molecule has 0 bridgehead atoms. The monoisotopic (exact) mass is 334 g/mol. The van der Waals surface area contributed by atoms with E-state index < -0.39 is 0 Å². The maximum atomic E-state index is 12.0. The molecule has 0 atom stereocenters. The lowest BCUT2D eigenvalue weighted by molar-refractivity contribution is -0.115. The molecule has 1 N–H and O–H groups in total. The molecule has 2 heterocycles. The number of carbonyl (C=O) groups is 1. The summed E-state index contributed by atoms with van der Waals surface area (Å²) >= 11 is 9.20. The molecule has 0 saturated heterocycles. The largest absolute Gasteiger partial charge is 0.324 e. The van der Waals surface area contributed by atoms with Crippen LogP contribution in [0, 0.1) is 0 Å². The summed E-state index contributed by atoms with van der Waals surface area (Å²) in [5.74, 6) is -0.120. The van der Waals surface area contributed by atoms with Crippen LogP contribution < -0.4 is 5.32 Å². The molecule has 6 heteroatoms. The summed E-state index contributed by atoms with van der Waals surface area (Å²) < 4.78 is 0. The Balaban J connectivity index is 1.67. The molecular weight excluding hydrogens is 324 g/mol. The molecule has 2 aromatic heterocycles. The first kappa shape index (κ1) is 14.3. The van der Waals surface area contributed by atoms with Crippen molar-refractivity contribution in [2.45, 2.75) is 6.42 Å². The summed E-state index contributed by atoms with van der Waals surface area (Å²) in [6, 6.07) is 9.20. The van der Waals surface area contributed by atoms with E-state index in [4.69, 9.17) is 11.6 Å². The van der Waals surface area contributed by atoms with Gasteiger partial charge in [-0.25, -0.2) is 4.98 Å². The summed E-state index contributed by atoms with van der Waals surface area (Å²) in [5, 5.41) is 10.2. The molecule has 0 unspecified atom stereocenters. The number of hydrogen-bond acceptors (Lipinski definition) is 4. The first-order valence-corrected chi connectivity index (χ1v) is 8.44. The van der Waals surface area contributed by atoms with Gasteiger partial charge in [0.2, 0.25) is 5.91 Å². The highest BCUT2D eigenvalue weighted by atomic mass is 35.5. The first-order valence-electron chi connectivity index (χ1n) is 6.24. The summed E-state index contributed by atoms with van der Waals surface area (Å²) in [7, 11) is 0. The van der Waals surface area contributed by atoms with Crippen LogP contribution in [0.3, 0.4) is 0 Å². The molecule has 0 fully saturated rings. The van der Waals surface area contributed by atoms with Gasteiger partial charge in [-0.05, 0) is 23.6 Å². The zero-order valence-electron chi connectivity index (χ0n) is 10.9. The van der Waals surface area contributed by atoms with Gasteiger partial charge in [0, 0.05) is 16.3 Å². The van der Waals surface area contributed by atoms with Crippen LogP contribution >= 0.6 is 34.3 Å². The van der Waals surface area contributed by atoms with Crippen LogP contribution in [0.2, 0.25) is 5.02 Å². The molecule has 106 valence electrons. The molecule has 0 aliphatic carbocycles. The van der Waals surface area contributed by atoms with Gasteiger partial charge in [0.1, 0.15) is 5.01 Å². The Bertz CT molecular complexity index is 753. The number of aromatic nitrogens is 1. The maximum absolute atomic E-state index is 12.0. The van der Waals surface area contributed by atoms with Gasteiger partial charge < -0.3 is 5.32 Å². The highest BCUT2D eigenvalue weighted by Crippen LogP contribution is 2.26. The molecule has 0 saturated carbocycles. The molecule has 1 aromatic carbocycles. The van der Waals surface area contributed by atoms with Crippen LogP contribution in [-0.4, -0.2) is 10.9 Å². The lowest BCUT2D eigenvalue weighted by Crippen LogP contribution is -2.14. The Labute approximate surface area is 135 Å². The van der Waals surface area contributed by atoms with E-state index in [-0.39, 0.29) is 12.3 Å². The van der Waals surface area contributed by atoms with Crippen LogP contribution in [0.15, 0.2) is 46.5 Å². The topological polar surface area (TPSA) is 42.0 Å². The second-order valence-electron chi connectivity index (χ2n) is 4.36. The minimum atomic E-state index is -0.120. The van der Waals surface area contributed by atoms with Crippen LogP contribution in [0.25, 0.3) is 10.6 Å². The third kappa shape index (κ3) is 3.50. The second kappa shape index (κ2) is 6.39. The van der Waals surface area contributed by atoms with Crippen molar-refractivity contribution < 1.29 is 4.79 Å². The fraction of sp³-hybridized carbons (Fsp3) is 0.0667. The third-order valence-corrected chi connectivity index (χ3v) is 4.76. The van der Waals surface area contributed by atoms with E-state index in [0.717, 1.165) is 16.3 Å². The number of thiophene rings is 1. The standard InChI is InChI=1S/C15H11ClN2OS2/c16-12-3-1-2-4-13(12)18-14(19)7-11-9-21-15(17-11)10-5-6-20-8-10/h1-6,8-9H,7H2,(H,18,19). The molecule has 3 aromatic rings. The van der Waals surface area contributed by atoms with Crippen LogP contribution in [0.1, 0.15) is 5.69 Å². The Morgan fingerprint density at radius 1 is 1.24 bits per heavy atom. The average Bonchev–Trinajstić information content (AvgIpc) is 3.12. The third-order valence-electron chi connectivity index (χ3n) is 2.81. The van der Waals surface area contributed by atoms with Gasteiger partial charge in [0.05, 0.1) is 22.8 Å². The van der Waals surface area contributed by atoms with Crippen molar-refractivity contribution in [3.05, 3.63) is 57.2 Å². The van der Waals surface area contributed by atoms with E-state index in [1.165, 1.54) is 0 Å². The number of hydrogen-bond donors (Lipinski definition) is 1. The Morgan fingerprint density at radius 2 is 2.10 bits per heavy atom. The van der Waals surface area contributed by atoms with E-state index in [1.807, 2.05) is 34.3 Å². The minimum Gasteiger partial charge on any atom is -0.324 e. The summed E-state index contributed by atoms with van der Waals surface area (Å²) in [5.41, 5.74) is 2.49. The number of rotatable bonds is 4. The van der Waals surface area contributed by atoms with Gasteiger partial charge in [-0.2, -0.15) is 11.3 Å². The molecule has 0 aliphatic rings. The summed E-state index contributed by atoms with van der Waals surface area (Å²) in [6.07, 6.45) is 0.242. The van der Waals surface area contributed by atoms with Crippen LogP contribution in [0.4, 0.5) is 5.69 Å². The van der Waals surface area contributed by atoms with Gasteiger partial charge in [0.15, 0.2) is 0 Å². The maximum Gasteiger partial charge on any atom is 0.230 e. The normalized spacial score (nSPS) is 10.5. The highest BCUT2D eigenvalue weighted by molar-refractivity contribution is 7.14. The van der Waals surface area contributed by atoms with Gasteiger partial charge in [0.25, 0.3) is 0 Å². The number of nitrogens with one attached hydrogen (secondary N) is 1. The molecule has 21 heavy (non-hydrogen) atoms. The molecule has 0 aliphatic heterocycles. The first-order chi connectivity index (χ1) is 10.2. The summed E-state index contributed by atoms with van der Waals surface area (Å²) in [6.45, 7) is 0. The molecular formula is C15H11ClN2OS2. The highest BCUT2D eigenvalue weighted by Gasteiger charge is 2.10. The number of amides is 1. The fourth-order valence-electron chi connectivity index (χ4n) is 1.83. The predicted octanol–water partition coefficient (Wildman–Crippen LogP) is 4.71. The molecule has 1 amide bonds. The van der Waals surface area contributed by atoms with E-state index in [9.17, 15) is 4.79 Å². The van der Waals surface area contributed by atoms with E-state index >= 15 is 0 Å². The number of thiazole rings is 1. The van der Waals surface area contributed by atoms with Crippen molar-refractivity contribution in [2.75, 3.05) is 5.32 Å². The molecule has 3 nitrogen and oxygen atoms in total. The number of halogens is 1. The lowest BCUT2D eigenvalue weighted by atomic mass is 10.3. The number of anilines is 1. The Kier molecular flexibility index (Phi) is 4.34. The number of carbonyl (C=O) groups excluding carboxylic acids is 1. The van der Waals surface area contributed by atoms with Crippen LogP contribution in [0.5, 0.6) is 0 Å². The van der Waals surface area contributed by atoms with Gasteiger partial charge in [-0.15, -0.1) is 11.3 Å². The zero-order valence-corrected chi connectivity index (χ0v) is 13.3. The molecule has 3 rings (SSSR count).